The number of alkyl halides is 3. The minimum absolute atomic E-state index is 0.0421. The number of rotatable bonds is 6. The van der Waals surface area contributed by atoms with E-state index in [1.807, 2.05) is 10.9 Å². The van der Waals surface area contributed by atoms with Crippen molar-refractivity contribution in [2.75, 3.05) is 5.32 Å². The number of nitrogens with zero attached hydrogens (tertiary/aromatic N) is 3. The van der Waals surface area contributed by atoms with Crippen LogP contribution in [0, 0.1) is 5.92 Å². The van der Waals surface area contributed by atoms with Crippen LogP contribution in [0.15, 0.2) is 36.5 Å². The highest BCUT2D eigenvalue weighted by Crippen LogP contribution is 2.37. The smallest absolute Gasteiger partial charge is 0.433 e. The number of aromatic nitrogens is 3. The first-order valence-electron chi connectivity index (χ1n) is 11.3. The summed E-state index contributed by atoms with van der Waals surface area (Å²) in [6.45, 7) is 0. The average molecular weight is 472 g/mol. The summed E-state index contributed by atoms with van der Waals surface area (Å²) in [4.78, 5) is 27.3. The number of amides is 1. The molecule has 0 aliphatic heterocycles. The number of nitrogens with one attached hydrogen (secondary N) is 1. The lowest BCUT2D eigenvalue weighted by atomic mass is 9.87. The van der Waals surface area contributed by atoms with Crippen LogP contribution in [0.5, 0.6) is 5.75 Å². The molecule has 2 aromatic heterocycles. The molecule has 1 amide bonds. The SMILES string of the molecule is O=C[C@H]1CC[C@H](n2cc3cc(NC(=O)c4cccc(C(F)(F)F)n4)c(OC4CC4)cc3n2)CC1. The van der Waals surface area contributed by atoms with Crippen molar-refractivity contribution in [3.05, 3.63) is 47.9 Å². The van der Waals surface area contributed by atoms with Crippen molar-refractivity contribution < 1.29 is 27.5 Å². The topological polar surface area (TPSA) is 86.1 Å². The average Bonchev–Trinajstić information content (AvgIpc) is 3.55. The number of hydrogen-bond acceptors (Lipinski definition) is 5. The summed E-state index contributed by atoms with van der Waals surface area (Å²) in [5.74, 6) is -0.234. The third-order valence-corrected chi connectivity index (χ3v) is 6.27. The molecule has 0 atom stereocenters. The van der Waals surface area contributed by atoms with E-state index in [-0.39, 0.29) is 23.8 Å². The summed E-state index contributed by atoms with van der Waals surface area (Å²) in [7, 11) is 0. The van der Waals surface area contributed by atoms with Crippen molar-refractivity contribution >= 4 is 28.8 Å². The van der Waals surface area contributed by atoms with E-state index in [1.54, 1.807) is 12.1 Å². The summed E-state index contributed by atoms with van der Waals surface area (Å²) >= 11 is 0. The van der Waals surface area contributed by atoms with Crippen LogP contribution in [0.4, 0.5) is 18.9 Å². The molecule has 2 aliphatic carbocycles. The lowest BCUT2D eigenvalue weighted by molar-refractivity contribution is -0.141. The number of carbonyl (C=O) groups excluding carboxylic acids is 2. The normalized spacial score (nSPS) is 20.8. The lowest BCUT2D eigenvalue weighted by Crippen LogP contribution is -2.19. The van der Waals surface area contributed by atoms with Gasteiger partial charge in [0, 0.05) is 23.6 Å². The van der Waals surface area contributed by atoms with Crippen molar-refractivity contribution in [1.82, 2.24) is 14.8 Å². The second-order valence-corrected chi connectivity index (χ2v) is 8.90. The van der Waals surface area contributed by atoms with Gasteiger partial charge in [-0.1, -0.05) is 6.07 Å². The maximum Gasteiger partial charge on any atom is 0.433 e. The molecule has 2 aliphatic rings. The zero-order chi connectivity index (χ0) is 23.9. The van der Waals surface area contributed by atoms with E-state index in [1.165, 1.54) is 6.07 Å². The second kappa shape index (κ2) is 8.73. The molecule has 0 bridgehead atoms. The molecule has 0 unspecified atom stereocenters. The van der Waals surface area contributed by atoms with Crippen LogP contribution >= 0.6 is 0 Å². The van der Waals surface area contributed by atoms with E-state index >= 15 is 0 Å². The number of hydrogen-bond donors (Lipinski definition) is 1. The highest BCUT2D eigenvalue weighted by atomic mass is 19.4. The van der Waals surface area contributed by atoms with Crippen molar-refractivity contribution in [1.29, 1.82) is 0 Å². The predicted molar refractivity (Wildman–Crippen MR) is 118 cm³/mol. The molecule has 3 aromatic rings. The molecule has 0 spiro atoms. The summed E-state index contributed by atoms with van der Waals surface area (Å²) in [6.07, 6.45) is 3.46. The first kappa shape index (κ1) is 22.4. The largest absolute Gasteiger partial charge is 0.488 e. The molecule has 7 nitrogen and oxygen atoms in total. The van der Waals surface area contributed by atoms with Gasteiger partial charge in [0.05, 0.1) is 23.3 Å². The minimum atomic E-state index is -4.64. The molecule has 2 fully saturated rings. The van der Waals surface area contributed by atoms with Gasteiger partial charge in [0.2, 0.25) is 0 Å². The number of ether oxygens (including phenoxy) is 1. The summed E-state index contributed by atoms with van der Waals surface area (Å²) in [5, 5.41) is 8.13. The zero-order valence-corrected chi connectivity index (χ0v) is 18.2. The molecule has 5 rings (SSSR count). The number of pyridine rings is 1. The van der Waals surface area contributed by atoms with Gasteiger partial charge in [-0.3, -0.25) is 9.48 Å². The van der Waals surface area contributed by atoms with Crippen LogP contribution in [-0.4, -0.2) is 33.1 Å². The predicted octanol–water partition coefficient (Wildman–Crippen LogP) is 5.17. The third kappa shape index (κ3) is 4.76. The molecule has 178 valence electrons. The monoisotopic (exact) mass is 472 g/mol. The Bertz CT molecular complexity index is 1230. The molecule has 0 radical (unpaired) electrons. The van der Waals surface area contributed by atoms with Gasteiger partial charge >= 0.3 is 6.18 Å². The molecule has 10 heteroatoms. The number of anilines is 1. The van der Waals surface area contributed by atoms with Crippen LogP contribution in [-0.2, 0) is 11.0 Å². The van der Waals surface area contributed by atoms with Gasteiger partial charge < -0.3 is 14.8 Å². The fraction of sp³-hybridized carbons (Fsp3) is 0.417. The molecular weight excluding hydrogens is 449 g/mol. The molecule has 1 N–H and O–H groups in total. The first-order chi connectivity index (χ1) is 16.3. The van der Waals surface area contributed by atoms with Crippen LogP contribution in [0.25, 0.3) is 10.9 Å². The summed E-state index contributed by atoms with van der Waals surface area (Å²) in [6, 6.07) is 6.86. The molecule has 2 saturated carbocycles. The fourth-order valence-electron chi connectivity index (χ4n) is 4.23. The number of benzene rings is 1. The zero-order valence-electron chi connectivity index (χ0n) is 18.2. The van der Waals surface area contributed by atoms with Crippen molar-refractivity contribution in [3.63, 3.8) is 0 Å². The Hall–Kier alpha value is -3.43. The molecule has 0 saturated heterocycles. The number of carbonyl (C=O) groups is 2. The van der Waals surface area contributed by atoms with Crippen LogP contribution in [0.2, 0.25) is 0 Å². The van der Waals surface area contributed by atoms with Gasteiger partial charge in [0.15, 0.2) is 0 Å². The molecule has 34 heavy (non-hydrogen) atoms. The van der Waals surface area contributed by atoms with Crippen molar-refractivity contribution in [2.45, 2.75) is 56.8 Å². The van der Waals surface area contributed by atoms with Gasteiger partial charge in [-0.05, 0) is 56.7 Å². The molecule has 2 heterocycles. The quantitative estimate of drug-likeness (QED) is 0.500. The first-order valence-corrected chi connectivity index (χ1v) is 11.3. The fourth-order valence-corrected chi connectivity index (χ4v) is 4.23. The van der Waals surface area contributed by atoms with Gasteiger partial charge in [-0.2, -0.15) is 18.3 Å². The maximum atomic E-state index is 13.0. The van der Waals surface area contributed by atoms with Gasteiger partial charge in [-0.25, -0.2) is 4.98 Å². The highest BCUT2D eigenvalue weighted by Gasteiger charge is 2.33. The summed E-state index contributed by atoms with van der Waals surface area (Å²) in [5.41, 5.74) is -0.415. The Morgan fingerprint density at radius 1 is 1.12 bits per heavy atom. The third-order valence-electron chi connectivity index (χ3n) is 6.27. The minimum Gasteiger partial charge on any atom is -0.488 e. The van der Waals surface area contributed by atoms with E-state index in [0.29, 0.717) is 17.0 Å². The second-order valence-electron chi connectivity index (χ2n) is 8.90. The Kier molecular flexibility index (Phi) is 5.75. The Balaban J connectivity index is 1.42. The molecule has 1 aromatic carbocycles. The number of halogens is 3. The Morgan fingerprint density at radius 2 is 1.88 bits per heavy atom. The van der Waals surface area contributed by atoms with Gasteiger partial charge in [0.25, 0.3) is 5.91 Å². The standard InChI is InChI=1S/C24H23F3N4O3/c25-24(26,27)22-3-1-2-18(28-22)23(33)29-20-10-15-12-31(16-6-4-14(13-32)5-7-16)30-19(15)11-21(20)34-17-8-9-17/h1-3,10-14,16-17H,4-9H2,(H,29,33)/t14-,16-. The Morgan fingerprint density at radius 3 is 2.56 bits per heavy atom. The van der Waals surface area contributed by atoms with Gasteiger partial charge in [0.1, 0.15) is 23.4 Å². The lowest BCUT2D eigenvalue weighted by Gasteiger charge is -2.25. The van der Waals surface area contributed by atoms with E-state index in [4.69, 9.17) is 9.84 Å². The van der Waals surface area contributed by atoms with E-state index < -0.39 is 17.8 Å². The van der Waals surface area contributed by atoms with Crippen molar-refractivity contribution in [3.8, 4) is 5.75 Å². The van der Waals surface area contributed by atoms with E-state index in [2.05, 4.69) is 10.3 Å². The number of fused-ring (bicyclic) bond motifs is 1. The maximum absolute atomic E-state index is 13.0. The summed E-state index contributed by atoms with van der Waals surface area (Å²) < 4.78 is 46.9. The van der Waals surface area contributed by atoms with Crippen molar-refractivity contribution in [2.24, 2.45) is 5.92 Å². The highest BCUT2D eigenvalue weighted by molar-refractivity contribution is 6.05. The molecular formula is C24H23F3N4O3. The van der Waals surface area contributed by atoms with E-state index in [0.717, 1.165) is 62.3 Å². The van der Waals surface area contributed by atoms with Crippen LogP contribution in [0.3, 0.4) is 0 Å². The van der Waals surface area contributed by atoms with Gasteiger partial charge in [-0.15, -0.1) is 0 Å². The number of aldehydes is 1. The Labute approximate surface area is 193 Å². The van der Waals surface area contributed by atoms with Crippen LogP contribution < -0.4 is 10.1 Å². The van der Waals surface area contributed by atoms with E-state index in [9.17, 15) is 22.8 Å². The van der Waals surface area contributed by atoms with Crippen LogP contribution in [0.1, 0.15) is 60.7 Å².